The van der Waals surface area contributed by atoms with Crippen LogP contribution in [0.4, 0.5) is 0 Å². The van der Waals surface area contributed by atoms with Crippen molar-refractivity contribution in [2.24, 2.45) is 0 Å². The summed E-state index contributed by atoms with van der Waals surface area (Å²) in [5.41, 5.74) is 0. The number of hydrogen-bond donors (Lipinski definition) is 3. The Bertz CT molecular complexity index is 552. The van der Waals surface area contributed by atoms with E-state index in [1.54, 1.807) is 0 Å². The van der Waals surface area contributed by atoms with Gasteiger partial charge in [0.1, 0.15) is 6.17 Å². The molecule has 1 saturated heterocycles. The second-order valence-electron chi connectivity index (χ2n) is 5.72. The van der Waals surface area contributed by atoms with Gasteiger partial charge in [0, 0.05) is 12.5 Å². The number of carbonyl (C=O) groups excluding carboxylic acids is 1. The molecule has 1 aliphatic rings. The van der Waals surface area contributed by atoms with E-state index in [1.165, 1.54) is 0 Å². The molecule has 0 aromatic carbocycles. The Hall–Kier alpha value is -0.0200. The van der Waals surface area contributed by atoms with Crippen LogP contribution in [0.25, 0.3) is 0 Å². The van der Waals surface area contributed by atoms with E-state index >= 15 is 0 Å². The van der Waals surface area contributed by atoms with E-state index in [-0.39, 0.29) is 28.6 Å². The summed E-state index contributed by atoms with van der Waals surface area (Å²) in [6, 6.07) is -0.286. The van der Waals surface area contributed by atoms with Crippen LogP contribution in [0.1, 0.15) is 39.0 Å². The average molecular weight is 439 g/mol. The molecule has 1 aliphatic heterocycles. The Morgan fingerprint density at radius 2 is 1.96 bits per heavy atom. The van der Waals surface area contributed by atoms with E-state index in [0.717, 1.165) is 19.3 Å². The molecule has 0 radical (unpaired) electrons. The standard InChI is InChI=1S/C13H22Cl3N3O3S2/c1-2-3-4-5-10(20)18-11(13(14,15)16)19-12(23)17-9-6-7-24(21,22)8-9/h9,11H,2-8H2,1H3,(H,18,20)(H2,17,19,23)/t9-,11+/m1/s1. The van der Waals surface area contributed by atoms with E-state index in [0.29, 0.717) is 12.8 Å². The fourth-order valence-electron chi connectivity index (χ4n) is 2.24. The lowest BCUT2D eigenvalue weighted by molar-refractivity contribution is -0.122. The van der Waals surface area contributed by atoms with Gasteiger partial charge in [0.2, 0.25) is 9.70 Å². The fraction of sp³-hybridized carbons (Fsp3) is 0.846. The summed E-state index contributed by atoms with van der Waals surface area (Å²) in [5, 5.41) is 8.33. The Balaban J connectivity index is 2.53. The van der Waals surface area contributed by atoms with Crippen LogP contribution in [-0.4, -0.2) is 46.9 Å². The van der Waals surface area contributed by atoms with Crippen molar-refractivity contribution in [1.82, 2.24) is 16.0 Å². The predicted octanol–water partition coefficient (Wildman–Crippen LogP) is 2.03. The van der Waals surface area contributed by atoms with Crippen molar-refractivity contribution in [3.05, 3.63) is 0 Å². The normalized spacial score (nSPS) is 21.1. The van der Waals surface area contributed by atoms with Crippen molar-refractivity contribution in [1.29, 1.82) is 0 Å². The lowest BCUT2D eigenvalue weighted by Crippen LogP contribution is -2.58. The Morgan fingerprint density at radius 3 is 2.46 bits per heavy atom. The largest absolute Gasteiger partial charge is 0.359 e. The lowest BCUT2D eigenvalue weighted by Gasteiger charge is -2.28. The highest BCUT2D eigenvalue weighted by atomic mass is 35.6. The average Bonchev–Trinajstić information content (AvgIpc) is 2.76. The summed E-state index contributed by atoms with van der Waals surface area (Å²) < 4.78 is 21.1. The topological polar surface area (TPSA) is 87.3 Å². The molecule has 0 bridgehead atoms. The van der Waals surface area contributed by atoms with Crippen LogP contribution < -0.4 is 16.0 Å². The number of alkyl halides is 3. The highest BCUT2D eigenvalue weighted by Gasteiger charge is 2.35. The summed E-state index contributed by atoms with van der Waals surface area (Å²) in [6.07, 6.45) is 2.46. The van der Waals surface area contributed by atoms with Crippen LogP contribution >= 0.6 is 47.0 Å². The summed E-state index contributed by atoms with van der Waals surface area (Å²) in [7, 11) is -3.03. The van der Waals surface area contributed by atoms with Gasteiger partial charge in [-0.2, -0.15) is 0 Å². The molecule has 140 valence electrons. The van der Waals surface area contributed by atoms with Crippen molar-refractivity contribution in [3.8, 4) is 0 Å². The number of nitrogens with one attached hydrogen (secondary N) is 3. The van der Waals surface area contributed by atoms with Gasteiger partial charge in [0.15, 0.2) is 14.9 Å². The predicted molar refractivity (Wildman–Crippen MR) is 102 cm³/mol. The quantitative estimate of drug-likeness (QED) is 0.244. The Morgan fingerprint density at radius 1 is 1.29 bits per heavy atom. The zero-order chi connectivity index (χ0) is 18.4. The number of halogens is 3. The zero-order valence-electron chi connectivity index (χ0n) is 13.3. The van der Waals surface area contributed by atoms with Gasteiger partial charge in [0.25, 0.3) is 0 Å². The number of thiocarbonyl (C=S) groups is 1. The molecule has 11 heteroatoms. The highest BCUT2D eigenvalue weighted by molar-refractivity contribution is 7.91. The first-order chi connectivity index (χ1) is 11.0. The van der Waals surface area contributed by atoms with Crippen molar-refractivity contribution in [2.75, 3.05) is 11.5 Å². The maximum absolute atomic E-state index is 11.9. The molecule has 1 fully saturated rings. The number of hydrogen-bond acceptors (Lipinski definition) is 4. The summed E-state index contributed by atoms with van der Waals surface area (Å²) in [4.78, 5) is 11.9. The number of sulfone groups is 1. The smallest absolute Gasteiger partial charge is 0.228 e. The molecule has 0 saturated carbocycles. The number of amides is 1. The van der Waals surface area contributed by atoms with Gasteiger partial charge >= 0.3 is 0 Å². The van der Waals surface area contributed by atoms with Gasteiger partial charge in [-0.05, 0) is 25.1 Å². The third-order valence-electron chi connectivity index (χ3n) is 3.48. The number of rotatable bonds is 7. The molecule has 2 atom stereocenters. The summed E-state index contributed by atoms with van der Waals surface area (Å²) >= 11 is 22.8. The zero-order valence-corrected chi connectivity index (χ0v) is 17.2. The third-order valence-corrected chi connectivity index (χ3v) is 6.14. The molecule has 0 unspecified atom stereocenters. The molecule has 3 N–H and O–H groups in total. The van der Waals surface area contributed by atoms with Gasteiger partial charge in [-0.1, -0.05) is 54.6 Å². The van der Waals surface area contributed by atoms with E-state index in [2.05, 4.69) is 16.0 Å². The molecule has 1 rings (SSSR count). The summed E-state index contributed by atoms with van der Waals surface area (Å²) in [5.74, 6) is -0.120. The molecule has 0 aromatic heterocycles. The molecule has 0 aromatic rings. The fourth-order valence-corrected chi connectivity index (χ4v) is 4.52. The maximum Gasteiger partial charge on any atom is 0.228 e. The SMILES string of the molecule is CCCCCC(=O)N[C@@H](NC(=S)N[C@@H]1CCS(=O)(=O)C1)C(Cl)(Cl)Cl. The van der Waals surface area contributed by atoms with Crippen molar-refractivity contribution >= 4 is 67.9 Å². The molecular weight excluding hydrogens is 417 g/mol. The second kappa shape index (κ2) is 9.62. The molecule has 0 aliphatic carbocycles. The first kappa shape index (κ1) is 22.0. The van der Waals surface area contributed by atoms with Gasteiger partial charge in [-0.3, -0.25) is 4.79 Å². The minimum atomic E-state index is -3.03. The Kier molecular flexibility index (Phi) is 8.82. The number of unbranched alkanes of at least 4 members (excludes halogenated alkanes) is 2. The van der Waals surface area contributed by atoms with Gasteiger partial charge in [-0.25, -0.2) is 8.42 Å². The van der Waals surface area contributed by atoms with Gasteiger partial charge in [-0.15, -0.1) is 0 Å². The first-order valence-electron chi connectivity index (χ1n) is 7.67. The lowest BCUT2D eigenvalue weighted by atomic mass is 10.2. The molecule has 6 nitrogen and oxygen atoms in total. The van der Waals surface area contributed by atoms with Gasteiger partial charge < -0.3 is 16.0 Å². The van der Waals surface area contributed by atoms with E-state index in [4.69, 9.17) is 47.0 Å². The molecule has 24 heavy (non-hydrogen) atoms. The minimum absolute atomic E-state index is 0.0105. The first-order valence-corrected chi connectivity index (χ1v) is 11.0. The van der Waals surface area contributed by atoms with Crippen LogP contribution in [0.3, 0.4) is 0 Å². The van der Waals surface area contributed by atoms with Crippen molar-refractivity contribution in [3.63, 3.8) is 0 Å². The second-order valence-corrected chi connectivity index (χ2v) is 10.7. The van der Waals surface area contributed by atoms with Gasteiger partial charge in [0.05, 0.1) is 11.5 Å². The van der Waals surface area contributed by atoms with Crippen LogP contribution in [0.2, 0.25) is 0 Å². The summed E-state index contributed by atoms with van der Waals surface area (Å²) in [6.45, 7) is 2.04. The molecule has 0 spiro atoms. The monoisotopic (exact) mass is 437 g/mol. The van der Waals surface area contributed by atoms with Crippen LogP contribution in [0, 0.1) is 0 Å². The highest BCUT2D eigenvalue weighted by Crippen LogP contribution is 2.29. The number of carbonyl (C=O) groups is 1. The molecule has 1 amide bonds. The van der Waals surface area contributed by atoms with Crippen molar-refractivity contribution in [2.45, 2.75) is 55.0 Å². The van der Waals surface area contributed by atoms with E-state index in [9.17, 15) is 13.2 Å². The minimum Gasteiger partial charge on any atom is -0.359 e. The van der Waals surface area contributed by atoms with E-state index in [1.807, 2.05) is 6.92 Å². The van der Waals surface area contributed by atoms with Crippen LogP contribution in [0.15, 0.2) is 0 Å². The van der Waals surface area contributed by atoms with Crippen LogP contribution in [0.5, 0.6) is 0 Å². The Labute approximate surface area is 163 Å². The molecule has 1 heterocycles. The van der Waals surface area contributed by atoms with E-state index < -0.39 is 19.8 Å². The van der Waals surface area contributed by atoms with Crippen molar-refractivity contribution < 1.29 is 13.2 Å². The van der Waals surface area contributed by atoms with Crippen LogP contribution in [-0.2, 0) is 14.6 Å². The third kappa shape index (κ3) is 8.38. The maximum atomic E-state index is 11.9. The molecular formula is C13H22Cl3N3O3S2.